The number of amides is 1. The summed E-state index contributed by atoms with van der Waals surface area (Å²) in [6.07, 6.45) is -0.593. The lowest BCUT2D eigenvalue weighted by atomic mass is 9.95. The van der Waals surface area contributed by atoms with Crippen LogP contribution in [0.1, 0.15) is 20.8 Å². The van der Waals surface area contributed by atoms with Gasteiger partial charge < -0.3 is 4.74 Å². The zero-order valence-corrected chi connectivity index (χ0v) is 12.0. The zero-order chi connectivity index (χ0) is 14.2. The zero-order valence-electron chi connectivity index (χ0n) is 11.2. The van der Waals surface area contributed by atoms with E-state index in [1.165, 1.54) is 6.07 Å². The van der Waals surface area contributed by atoms with Gasteiger partial charge in [0.2, 0.25) is 0 Å². The highest BCUT2D eigenvalue weighted by Crippen LogP contribution is 2.27. The monoisotopic (exact) mass is 280 g/mol. The number of thiazole rings is 1. The van der Waals surface area contributed by atoms with Gasteiger partial charge in [0.1, 0.15) is 19.3 Å². The van der Waals surface area contributed by atoms with E-state index in [9.17, 15) is 9.18 Å². The van der Waals surface area contributed by atoms with E-state index in [2.05, 4.69) is 10.3 Å². The third kappa shape index (κ3) is 3.23. The lowest BCUT2D eigenvalue weighted by Crippen LogP contribution is -2.27. The summed E-state index contributed by atoms with van der Waals surface area (Å²) in [5.74, 6) is -0.338. The predicted molar refractivity (Wildman–Crippen MR) is 77.6 cm³/mol. The van der Waals surface area contributed by atoms with Crippen molar-refractivity contribution in [3.05, 3.63) is 17.9 Å². The van der Waals surface area contributed by atoms with Gasteiger partial charge in [-0.1, -0.05) is 22.9 Å². The molecule has 1 aromatic heterocycles. The second-order valence-corrected chi connectivity index (χ2v) is 6.19. The summed E-state index contributed by atoms with van der Waals surface area (Å²) in [6.45, 7) is 5.32. The fourth-order valence-corrected chi connectivity index (χ4v) is 2.48. The Morgan fingerprint density at radius 3 is 2.74 bits per heavy atom. The first kappa shape index (κ1) is 13.8. The standard InChI is InChI=1S/C12H14BFN2O2S/c1-12(2,3)18-11(17)16-10-15-8-6(13)4-5-7(14)9(8)19-10/h4-5H,13H2,1-3H3,(H,15,16,17). The molecule has 0 unspecified atom stereocenters. The van der Waals surface area contributed by atoms with E-state index in [-0.39, 0.29) is 5.82 Å². The average Bonchev–Trinajstić information content (AvgIpc) is 2.65. The molecule has 4 nitrogen and oxygen atoms in total. The Hall–Kier alpha value is -1.63. The van der Waals surface area contributed by atoms with E-state index in [1.54, 1.807) is 26.8 Å². The molecule has 0 fully saturated rings. The van der Waals surface area contributed by atoms with Crippen molar-refractivity contribution in [1.82, 2.24) is 4.98 Å². The smallest absolute Gasteiger partial charge is 0.413 e. The molecule has 0 aliphatic heterocycles. The van der Waals surface area contributed by atoms with Crippen LogP contribution in [0.25, 0.3) is 10.2 Å². The molecule has 0 radical (unpaired) electrons. The average molecular weight is 280 g/mol. The van der Waals surface area contributed by atoms with Gasteiger partial charge in [0.25, 0.3) is 0 Å². The van der Waals surface area contributed by atoms with E-state index in [4.69, 9.17) is 4.74 Å². The molecule has 1 heterocycles. The molecule has 2 rings (SSSR count). The predicted octanol–water partition coefficient (Wildman–Crippen LogP) is 2.04. The minimum atomic E-state index is -0.593. The summed E-state index contributed by atoms with van der Waals surface area (Å²) < 4.78 is 19.2. The Labute approximate surface area is 115 Å². The molecule has 1 N–H and O–H groups in total. The van der Waals surface area contributed by atoms with Crippen LogP contribution in [-0.2, 0) is 4.74 Å². The van der Waals surface area contributed by atoms with Crippen LogP contribution in [0.3, 0.4) is 0 Å². The Kier molecular flexibility index (Phi) is 3.49. The topological polar surface area (TPSA) is 51.2 Å². The molecule has 0 bridgehead atoms. The van der Waals surface area contributed by atoms with Crippen molar-refractivity contribution in [2.45, 2.75) is 26.4 Å². The first-order valence-corrected chi connectivity index (χ1v) is 6.63. The maximum absolute atomic E-state index is 13.6. The number of nitrogens with one attached hydrogen (secondary N) is 1. The van der Waals surface area contributed by atoms with Crippen LogP contribution in [0, 0.1) is 5.82 Å². The first-order valence-electron chi connectivity index (χ1n) is 5.82. The highest BCUT2D eigenvalue weighted by Gasteiger charge is 2.18. The van der Waals surface area contributed by atoms with Gasteiger partial charge in [0.05, 0.1) is 10.2 Å². The quantitative estimate of drug-likeness (QED) is 0.813. The number of ether oxygens (including phenoxy) is 1. The molecule has 1 amide bonds. The highest BCUT2D eigenvalue weighted by atomic mass is 32.1. The molecule has 0 atom stereocenters. The number of nitrogens with zero attached hydrogens (tertiary/aromatic N) is 1. The van der Waals surface area contributed by atoms with Crippen molar-refractivity contribution < 1.29 is 13.9 Å². The van der Waals surface area contributed by atoms with Crippen molar-refractivity contribution >= 4 is 46.1 Å². The van der Waals surface area contributed by atoms with Gasteiger partial charge in [0, 0.05) is 0 Å². The van der Waals surface area contributed by atoms with Crippen LogP contribution in [0.15, 0.2) is 12.1 Å². The molecule has 2 aromatic rings. The van der Waals surface area contributed by atoms with Crippen LogP contribution in [0.4, 0.5) is 14.3 Å². The van der Waals surface area contributed by atoms with Crippen LogP contribution in [0.2, 0.25) is 0 Å². The molecule has 0 saturated carbocycles. The maximum atomic E-state index is 13.6. The lowest BCUT2D eigenvalue weighted by molar-refractivity contribution is 0.0636. The van der Waals surface area contributed by atoms with E-state index in [0.29, 0.717) is 15.3 Å². The van der Waals surface area contributed by atoms with Gasteiger partial charge in [-0.25, -0.2) is 14.2 Å². The number of hydrogen-bond acceptors (Lipinski definition) is 4. The summed E-state index contributed by atoms with van der Waals surface area (Å²) in [7, 11) is 1.85. The van der Waals surface area contributed by atoms with Gasteiger partial charge in [0.15, 0.2) is 5.13 Å². The number of hydrogen-bond donors (Lipinski definition) is 1. The first-order chi connectivity index (χ1) is 8.76. The van der Waals surface area contributed by atoms with E-state index in [0.717, 1.165) is 16.8 Å². The minimum Gasteiger partial charge on any atom is -0.444 e. The maximum Gasteiger partial charge on any atom is 0.413 e. The largest absolute Gasteiger partial charge is 0.444 e. The van der Waals surface area contributed by atoms with Gasteiger partial charge in [-0.3, -0.25) is 5.32 Å². The number of carbonyl (C=O) groups excluding carboxylic acids is 1. The van der Waals surface area contributed by atoms with Gasteiger partial charge >= 0.3 is 6.09 Å². The fourth-order valence-electron chi connectivity index (χ4n) is 1.55. The number of carbonyl (C=O) groups is 1. The third-order valence-electron chi connectivity index (χ3n) is 2.31. The number of halogens is 1. The normalized spacial score (nSPS) is 11.6. The lowest BCUT2D eigenvalue weighted by Gasteiger charge is -2.18. The molecular formula is C12H14BFN2O2S. The van der Waals surface area contributed by atoms with Crippen molar-refractivity contribution in [3.8, 4) is 0 Å². The molecule has 0 spiro atoms. The van der Waals surface area contributed by atoms with E-state index >= 15 is 0 Å². The Bertz CT molecular complexity index is 597. The molecule has 0 saturated heterocycles. The summed E-state index contributed by atoms with van der Waals surface area (Å²) in [5.41, 5.74) is 0.850. The number of rotatable bonds is 1. The van der Waals surface area contributed by atoms with Gasteiger partial charge in [-0.15, -0.1) is 0 Å². The summed E-state index contributed by atoms with van der Waals surface area (Å²) in [6, 6.07) is 3.06. The molecule has 100 valence electrons. The van der Waals surface area contributed by atoms with Crippen LogP contribution >= 0.6 is 11.3 Å². The van der Waals surface area contributed by atoms with Crippen LogP contribution in [-0.4, -0.2) is 24.5 Å². The third-order valence-corrected chi connectivity index (χ3v) is 3.28. The van der Waals surface area contributed by atoms with Gasteiger partial charge in [-0.05, 0) is 26.8 Å². The summed E-state index contributed by atoms with van der Waals surface area (Å²) in [4.78, 5) is 15.8. The van der Waals surface area contributed by atoms with Crippen molar-refractivity contribution in [2.75, 3.05) is 5.32 Å². The molecule has 0 aliphatic rings. The fraction of sp³-hybridized carbons (Fsp3) is 0.333. The Morgan fingerprint density at radius 2 is 2.16 bits per heavy atom. The molecule has 19 heavy (non-hydrogen) atoms. The Morgan fingerprint density at radius 1 is 1.47 bits per heavy atom. The van der Waals surface area contributed by atoms with Crippen molar-refractivity contribution in [3.63, 3.8) is 0 Å². The highest BCUT2D eigenvalue weighted by molar-refractivity contribution is 7.22. The molecule has 7 heteroatoms. The van der Waals surface area contributed by atoms with Crippen LogP contribution in [0.5, 0.6) is 0 Å². The number of anilines is 1. The Balaban J connectivity index is 2.25. The van der Waals surface area contributed by atoms with Crippen molar-refractivity contribution in [1.29, 1.82) is 0 Å². The summed E-state index contributed by atoms with van der Waals surface area (Å²) >= 11 is 1.09. The second-order valence-electron chi connectivity index (χ2n) is 5.19. The second kappa shape index (κ2) is 4.81. The van der Waals surface area contributed by atoms with E-state index in [1.807, 2.05) is 7.85 Å². The van der Waals surface area contributed by atoms with Crippen molar-refractivity contribution in [2.24, 2.45) is 0 Å². The van der Waals surface area contributed by atoms with E-state index < -0.39 is 11.7 Å². The van der Waals surface area contributed by atoms with Crippen LogP contribution < -0.4 is 10.8 Å². The molecule has 1 aromatic carbocycles. The molecular weight excluding hydrogens is 266 g/mol. The minimum absolute atomic E-state index is 0.331. The number of aromatic nitrogens is 1. The molecule has 0 aliphatic carbocycles. The summed E-state index contributed by atoms with van der Waals surface area (Å²) in [5, 5.41) is 2.85. The SMILES string of the molecule is Bc1ccc(F)c2sc(NC(=O)OC(C)(C)C)nc12. The number of benzene rings is 1. The number of fused-ring (bicyclic) bond motifs is 1. The van der Waals surface area contributed by atoms with Gasteiger partial charge in [-0.2, -0.15) is 0 Å².